The Labute approximate surface area is 132 Å². The van der Waals surface area contributed by atoms with E-state index in [4.69, 9.17) is 4.42 Å². The summed E-state index contributed by atoms with van der Waals surface area (Å²) in [6.45, 7) is 6.33. The summed E-state index contributed by atoms with van der Waals surface area (Å²) in [7, 11) is 0. The lowest BCUT2D eigenvalue weighted by Crippen LogP contribution is -1.90. The Kier molecular flexibility index (Phi) is 4.12. The highest BCUT2D eigenvalue weighted by Gasteiger charge is 2.17. The molecule has 1 unspecified atom stereocenters. The van der Waals surface area contributed by atoms with Crippen molar-refractivity contribution in [2.24, 2.45) is 0 Å². The van der Waals surface area contributed by atoms with Crippen molar-refractivity contribution in [2.45, 2.75) is 30.9 Å². The van der Waals surface area contributed by atoms with Crippen LogP contribution in [0.5, 0.6) is 0 Å². The molecule has 108 valence electrons. The van der Waals surface area contributed by atoms with Gasteiger partial charge in [0, 0.05) is 4.90 Å². The lowest BCUT2D eigenvalue weighted by atomic mass is 10.2. The first kappa shape index (κ1) is 14.4. The van der Waals surface area contributed by atoms with Crippen LogP contribution in [0.15, 0.2) is 45.0 Å². The number of benzene rings is 1. The Hall–Kier alpha value is -1.59. The second-order valence-electron chi connectivity index (χ2n) is 4.95. The van der Waals surface area contributed by atoms with E-state index in [9.17, 15) is 0 Å². The van der Waals surface area contributed by atoms with Crippen molar-refractivity contribution in [1.29, 1.82) is 0 Å². The number of thiophene rings is 1. The fourth-order valence-corrected chi connectivity index (χ4v) is 3.68. The number of aryl methyl sites for hydroxylation is 2. The number of rotatable bonds is 4. The van der Waals surface area contributed by atoms with E-state index in [2.05, 4.69) is 49.2 Å². The first-order valence-electron chi connectivity index (χ1n) is 6.74. The van der Waals surface area contributed by atoms with Crippen LogP contribution in [0.4, 0.5) is 0 Å². The van der Waals surface area contributed by atoms with Crippen molar-refractivity contribution in [3.05, 3.63) is 52.7 Å². The molecule has 0 spiro atoms. The number of hydrogen-bond acceptors (Lipinski definition) is 5. The predicted molar refractivity (Wildman–Crippen MR) is 87.8 cm³/mol. The van der Waals surface area contributed by atoms with Crippen molar-refractivity contribution in [2.75, 3.05) is 0 Å². The smallest absolute Gasteiger partial charge is 0.257 e. The van der Waals surface area contributed by atoms with Crippen LogP contribution < -0.4 is 0 Å². The maximum absolute atomic E-state index is 5.79. The summed E-state index contributed by atoms with van der Waals surface area (Å²) < 4.78 is 5.79. The SMILES string of the molecule is Cc1ccc(SC(C)c2nnc(-c3cccs3)o2)c(C)c1. The molecule has 2 aromatic heterocycles. The van der Waals surface area contributed by atoms with Gasteiger partial charge in [0.2, 0.25) is 5.89 Å². The van der Waals surface area contributed by atoms with Gasteiger partial charge in [-0.05, 0) is 43.8 Å². The summed E-state index contributed by atoms with van der Waals surface area (Å²) >= 11 is 3.36. The lowest BCUT2D eigenvalue weighted by Gasteiger charge is -2.10. The Morgan fingerprint density at radius 3 is 2.76 bits per heavy atom. The standard InChI is InChI=1S/C16H16N2OS2/c1-10-6-7-13(11(2)9-10)21-12(3)15-17-18-16(19-15)14-5-4-8-20-14/h4-9,12H,1-3H3. The topological polar surface area (TPSA) is 38.9 Å². The second-order valence-corrected chi connectivity index (χ2v) is 7.28. The molecule has 0 amide bonds. The van der Waals surface area contributed by atoms with E-state index in [0.29, 0.717) is 11.8 Å². The van der Waals surface area contributed by atoms with Crippen LogP contribution in [0, 0.1) is 13.8 Å². The minimum Gasteiger partial charge on any atom is -0.419 e. The molecule has 3 nitrogen and oxygen atoms in total. The van der Waals surface area contributed by atoms with Gasteiger partial charge in [0.05, 0.1) is 10.1 Å². The highest BCUT2D eigenvalue weighted by atomic mass is 32.2. The molecule has 0 aliphatic rings. The van der Waals surface area contributed by atoms with Crippen molar-refractivity contribution < 1.29 is 4.42 Å². The molecule has 0 aliphatic heterocycles. The monoisotopic (exact) mass is 316 g/mol. The van der Waals surface area contributed by atoms with Crippen LogP contribution in [0.25, 0.3) is 10.8 Å². The molecule has 0 saturated carbocycles. The van der Waals surface area contributed by atoms with Crippen molar-refractivity contribution in [3.63, 3.8) is 0 Å². The van der Waals surface area contributed by atoms with Gasteiger partial charge < -0.3 is 4.42 Å². The summed E-state index contributed by atoms with van der Waals surface area (Å²) in [6, 6.07) is 10.5. The fraction of sp³-hybridized carbons (Fsp3) is 0.250. The maximum atomic E-state index is 5.79. The maximum Gasteiger partial charge on any atom is 0.257 e. The summed E-state index contributed by atoms with van der Waals surface area (Å²) in [5, 5.41) is 10.5. The first-order chi connectivity index (χ1) is 10.1. The van der Waals surface area contributed by atoms with E-state index in [1.807, 2.05) is 17.5 Å². The van der Waals surface area contributed by atoms with Gasteiger partial charge in [0.15, 0.2) is 0 Å². The third-order valence-corrected chi connectivity index (χ3v) is 5.28. The van der Waals surface area contributed by atoms with Gasteiger partial charge >= 0.3 is 0 Å². The molecule has 0 aliphatic carbocycles. The molecular formula is C16H16N2OS2. The average molecular weight is 316 g/mol. The Balaban J connectivity index is 1.78. The normalized spacial score (nSPS) is 12.5. The van der Waals surface area contributed by atoms with Crippen LogP contribution in [0.3, 0.4) is 0 Å². The minimum atomic E-state index is 0.132. The molecule has 0 N–H and O–H groups in total. The molecule has 21 heavy (non-hydrogen) atoms. The minimum absolute atomic E-state index is 0.132. The molecule has 2 heterocycles. The van der Waals surface area contributed by atoms with Gasteiger partial charge in [0.1, 0.15) is 0 Å². The highest BCUT2D eigenvalue weighted by molar-refractivity contribution is 7.99. The average Bonchev–Trinajstić information content (AvgIpc) is 3.10. The molecule has 5 heteroatoms. The van der Waals surface area contributed by atoms with Gasteiger partial charge in [-0.2, -0.15) is 0 Å². The Bertz CT molecular complexity index is 735. The van der Waals surface area contributed by atoms with Gasteiger partial charge in [-0.3, -0.25) is 0 Å². The third kappa shape index (κ3) is 3.19. The zero-order valence-electron chi connectivity index (χ0n) is 12.2. The van der Waals surface area contributed by atoms with Crippen LogP contribution in [-0.2, 0) is 0 Å². The molecule has 1 atom stereocenters. The predicted octanol–water partition coefficient (Wildman–Crippen LogP) is 5.27. The second kappa shape index (κ2) is 6.03. The summed E-state index contributed by atoms with van der Waals surface area (Å²) in [6.07, 6.45) is 0. The number of nitrogens with zero attached hydrogens (tertiary/aromatic N) is 2. The van der Waals surface area contributed by atoms with Crippen molar-refractivity contribution in [1.82, 2.24) is 10.2 Å². The summed E-state index contributed by atoms with van der Waals surface area (Å²) in [5.74, 6) is 1.27. The molecule has 0 fully saturated rings. The zero-order chi connectivity index (χ0) is 14.8. The van der Waals surface area contributed by atoms with Crippen LogP contribution in [0.2, 0.25) is 0 Å². The van der Waals surface area contributed by atoms with E-state index in [1.165, 1.54) is 16.0 Å². The lowest BCUT2D eigenvalue weighted by molar-refractivity contribution is 0.510. The largest absolute Gasteiger partial charge is 0.419 e. The zero-order valence-corrected chi connectivity index (χ0v) is 13.8. The van der Waals surface area contributed by atoms with Crippen LogP contribution in [0.1, 0.15) is 29.2 Å². The molecule has 0 radical (unpaired) electrons. The summed E-state index contributed by atoms with van der Waals surface area (Å²) in [5.41, 5.74) is 2.56. The van der Waals surface area contributed by atoms with E-state index in [-0.39, 0.29) is 5.25 Å². The Morgan fingerprint density at radius 1 is 1.19 bits per heavy atom. The Morgan fingerprint density at radius 2 is 2.05 bits per heavy atom. The first-order valence-corrected chi connectivity index (χ1v) is 8.50. The molecule has 3 aromatic rings. The molecule has 3 rings (SSSR count). The summed E-state index contributed by atoms with van der Waals surface area (Å²) in [4.78, 5) is 2.27. The van der Waals surface area contributed by atoms with Crippen LogP contribution in [-0.4, -0.2) is 10.2 Å². The highest BCUT2D eigenvalue weighted by Crippen LogP contribution is 2.37. The number of hydrogen-bond donors (Lipinski definition) is 0. The van der Waals surface area contributed by atoms with Crippen LogP contribution >= 0.6 is 23.1 Å². The van der Waals surface area contributed by atoms with Crippen molar-refractivity contribution >= 4 is 23.1 Å². The molecular weight excluding hydrogens is 300 g/mol. The fourth-order valence-electron chi connectivity index (χ4n) is 2.07. The van der Waals surface area contributed by atoms with E-state index < -0.39 is 0 Å². The van der Waals surface area contributed by atoms with E-state index in [1.54, 1.807) is 23.1 Å². The van der Waals surface area contributed by atoms with Gasteiger partial charge in [-0.25, -0.2) is 0 Å². The van der Waals surface area contributed by atoms with E-state index >= 15 is 0 Å². The number of thioether (sulfide) groups is 1. The molecule has 1 aromatic carbocycles. The van der Waals surface area contributed by atoms with Crippen molar-refractivity contribution in [3.8, 4) is 10.8 Å². The van der Waals surface area contributed by atoms with Gasteiger partial charge in [0.25, 0.3) is 5.89 Å². The van der Waals surface area contributed by atoms with Gasteiger partial charge in [-0.1, -0.05) is 23.8 Å². The quantitative estimate of drug-likeness (QED) is 0.615. The number of aromatic nitrogens is 2. The molecule has 0 saturated heterocycles. The third-order valence-electron chi connectivity index (χ3n) is 3.15. The van der Waals surface area contributed by atoms with E-state index in [0.717, 1.165) is 4.88 Å². The molecule has 0 bridgehead atoms. The van der Waals surface area contributed by atoms with Gasteiger partial charge in [-0.15, -0.1) is 33.3 Å².